The van der Waals surface area contributed by atoms with Crippen LogP contribution in [0.2, 0.25) is 0 Å². The van der Waals surface area contributed by atoms with Gasteiger partial charge >= 0.3 is 11.8 Å². The van der Waals surface area contributed by atoms with Gasteiger partial charge in [0.2, 0.25) is 0 Å². The van der Waals surface area contributed by atoms with E-state index in [1.165, 1.54) is 4.68 Å². The van der Waals surface area contributed by atoms with Crippen molar-refractivity contribution < 1.29 is 14.4 Å². The zero-order valence-electron chi connectivity index (χ0n) is 19.2. The molecule has 3 N–H and O–H groups in total. The fraction of sp³-hybridized carbons (Fsp3) is 0.115. The molecule has 0 aliphatic heterocycles. The number of hydrogen-bond acceptors (Lipinski definition) is 3. The third-order valence-electron chi connectivity index (χ3n) is 5.62. The van der Waals surface area contributed by atoms with Crippen molar-refractivity contribution in [3.8, 4) is 0 Å². The first-order valence-electron chi connectivity index (χ1n) is 10.7. The van der Waals surface area contributed by atoms with E-state index < -0.39 is 17.7 Å². The summed E-state index contributed by atoms with van der Waals surface area (Å²) in [6, 6.07) is 18.0. The molecule has 0 saturated heterocycles. The molecule has 0 unspecified atom stereocenters. The van der Waals surface area contributed by atoms with Crippen molar-refractivity contribution in [2.45, 2.75) is 20.8 Å². The molecule has 1 aromatic heterocycles. The molecule has 0 radical (unpaired) electrons. The van der Waals surface area contributed by atoms with Gasteiger partial charge in [0.15, 0.2) is 0 Å². The van der Waals surface area contributed by atoms with Crippen LogP contribution in [0.4, 0.5) is 11.4 Å². The average Bonchev–Trinajstić information content (AvgIpc) is 3.15. The molecule has 1 heterocycles. The highest BCUT2D eigenvalue weighted by molar-refractivity contribution is 9.10. The predicted molar refractivity (Wildman–Crippen MR) is 145 cm³/mol. The highest BCUT2D eigenvalue weighted by atomic mass is 79.9. The van der Waals surface area contributed by atoms with E-state index in [0.717, 1.165) is 25.6 Å². The summed E-state index contributed by atoms with van der Waals surface area (Å²) in [4.78, 5) is 38.7. The van der Waals surface area contributed by atoms with E-state index in [1.807, 2.05) is 51.1 Å². The summed E-state index contributed by atoms with van der Waals surface area (Å²) in [6.45, 7) is 5.78. The van der Waals surface area contributed by atoms with Crippen LogP contribution in [0.1, 0.15) is 27.2 Å². The van der Waals surface area contributed by atoms with E-state index in [4.69, 9.17) is 0 Å². The Bertz CT molecular complexity index is 1490. The minimum Gasteiger partial charge on any atom is -0.321 e. The highest BCUT2D eigenvalue weighted by Gasteiger charge is 2.21. The monoisotopic (exact) mass is 596 g/mol. The van der Waals surface area contributed by atoms with Gasteiger partial charge in [-0.25, -0.2) is 4.68 Å². The van der Waals surface area contributed by atoms with Crippen LogP contribution in [0.15, 0.2) is 69.6 Å². The fourth-order valence-electron chi connectivity index (χ4n) is 3.59. The molecule has 3 amide bonds. The Hall–Kier alpha value is -3.43. The molecular weight excluding hydrogens is 576 g/mol. The number of nitrogens with one attached hydrogen (secondary N) is 3. The Kier molecular flexibility index (Phi) is 7.09. The lowest BCUT2D eigenvalue weighted by molar-refractivity contribution is -0.133. The second kappa shape index (κ2) is 10.1. The molecule has 0 fully saturated rings. The van der Waals surface area contributed by atoms with Crippen molar-refractivity contribution in [1.82, 2.24) is 4.68 Å². The number of fused-ring (bicyclic) bond motifs is 1. The standard InChI is InChI=1S/C26H22Br2N4O3/c1-14-4-7-20(11-15(14)2)29-24(33)23-13-17-12-19(28)6-9-22(17)32(23)31-26(35)25(34)30-21-8-5-18(27)10-16(21)3/h4-13H,1-3H3,(H,29,33)(H,30,34)(H,31,35). The first-order chi connectivity index (χ1) is 16.6. The summed E-state index contributed by atoms with van der Waals surface area (Å²) in [5.74, 6) is -2.19. The largest absolute Gasteiger partial charge is 0.328 e. The highest BCUT2D eigenvalue weighted by Crippen LogP contribution is 2.25. The van der Waals surface area contributed by atoms with E-state index in [9.17, 15) is 14.4 Å². The van der Waals surface area contributed by atoms with Crippen molar-refractivity contribution in [3.63, 3.8) is 0 Å². The lowest BCUT2D eigenvalue weighted by atomic mass is 10.1. The summed E-state index contributed by atoms with van der Waals surface area (Å²) in [6.07, 6.45) is 0. The van der Waals surface area contributed by atoms with Crippen LogP contribution in [0, 0.1) is 20.8 Å². The Morgan fingerprint density at radius 2 is 1.43 bits per heavy atom. The summed E-state index contributed by atoms with van der Waals surface area (Å²) in [7, 11) is 0. The maximum absolute atomic E-state index is 13.2. The Morgan fingerprint density at radius 3 is 2.14 bits per heavy atom. The van der Waals surface area contributed by atoms with Crippen LogP contribution < -0.4 is 16.1 Å². The van der Waals surface area contributed by atoms with Crippen molar-refractivity contribution in [2.75, 3.05) is 16.1 Å². The van der Waals surface area contributed by atoms with Crippen LogP contribution in [-0.4, -0.2) is 22.4 Å². The van der Waals surface area contributed by atoms with Gasteiger partial charge in [-0.05, 0) is 92.1 Å². The average molecular weight is 598 g/mol. The van der Waals surface area contributed by atoms with Crippen molar-refractivity contribution in [3.05, 3.63) is 92.0 Å². The minimum absolute atomic E-state index is 0.178. The molecule has 7 nitrogen and oxygen atoms in total. The van der Waals surface area contributed by atoms with Crippen LogP contribution >= 0.6 is 31.9 Å². The quantitative estimate of drug-likeness (QED) is 0.250. The van der Waals surface area contributed by atoms with E-state index in [-0.39, 0.29) is 5.69 Å². The van der Waals surface area contributed by atoms with Crippen molar-refractivity contribution >= 4 is 71.9 Å². The molecule has 0 aliphatic carbocycles. The number of benzene rings is 3. The number of amides is 3. The number of halogens is 2. The molecular formula is C26H22Br2N4O3. The first-order valence-corrected chi connectivity index (χ1v) is 12.3. The summed E-state index contributed by atoms with van der Waals surface area (Å²) in [5.41, 5.74) is 7.42. The summed E-state index contributed by atoms with van der Waals surface area (Å²) < 4.78 is 3.01. The van der Waals surface area contributed by atoms with Crippen LogP contribution in [0.3, 0.4) is 0 Å². The van der Waals surface area contributed by atoms with Gasteiger partial charge in [0.1, 0.15) is 5.69 Å². The lowest BCUT2D eigenvalue weighted by Gasteiger charge is -2.14. The maximum atomic E-state index is 13.2. The molecule has 4 rings (SSSR count). The first kappa shape index (κ1) is 24.7. The molecule has 4 aromatic rings. The summed E-state index contributed by atoms with van der Waals surface area (Å²) in [5, 5.41) is 6.20. The molecule has 3 aromatic carbocycles. The SMILES string of the molecule is Cc1ccc(NC(=O)c2cc3cc(Br)ccc3n2NC(=O)C(=O)Nc2ccc(Br)cc2C)cc1C. The Morgan fingerprint density at radius 1 is 0.714 bits per heavy atom. The third kappa shape index (κ3) is 5.47. The van der Waals surface area contributed by atoms with Gasteiger partial charge in [0, 0.05) is 25.7 Å². The zero-order chi connectivity index (χ0) is 25.3. The van der Waals surface area contributed by atoms with Gasteiger partial charge in [0.05, 0.1) is 5.52 Å². The van der Waals surface area contributed by atoms with Gasteiger partial charge in [-0.3, -0.25) is 19.8 Å². The second-order valence-corrected chi connectivity index (χ2v) is 10.0. The molecule has 178 valence electrons. The molecule has 0 atom stereocenters. The van der Waals surface area contributed by atoms with Gasteiger partial charge in [-0.15, -0.1) is 0 Å². The molecule has 0 bridgehead atoms. The van der Waals surface area contributed by atoms with Crippen molar-refractivity contribution in [1.29, 1.82) is 0 Å². The van der Waals surface area contributed by atoms with E-state index in [2.05, 4.69) is 47.9 Å². The normalized spacial score (nSPS) is 10.8. The minimum atomic E-state index is -0.909. The lowest BCUT2D eigenvalue weighted by Crippen LogP contribution is -2.36. The number of rotatable bonds is 4. The van der Waals surface area contributed by atoms with E-state index in [0.29, 0.717) is 22.3 Å². The predicted octanol–water partition coefficient (Wildman–Crippen LogP) is 6.05. The van der Waals surface area contributed by atoms with E-state index in [1.54, 1.807) is 30.3 Å². The van der Waals surface area contributed by atoms with Crippen LogP contribution in [0.5, 0.6) is 0 Å². The molecule has 0 aliphatic rings. The Labute approximate surface area is 219 Å². The molecule has 35 heavy (non-hydrogen) atoms. The maximum Gasteiger partial charge on any atom is 0.328 e. The fourth-order valence-corrected chi connectivity index (χ4v) is 4.44. The van der Waals surface area contributed by atoms with E-state index >= 15 is 0 Å². The number of aromatic nitrogens is 1. The van der Waals surface area contributed by atoms with Gasteiger partial charge in [-0.2, -0.15) is 0 Å². The molecule has 9 heteroatoms. The molecule has 0 spiro atoms. The molecule has 0 saturated carbocycles. The third-order valence-corrected chi connectivity index (χ3v) is 6.60. The number of nitrogens with zero attached hydrogens (tertiary/aromatic N) is 1. The smallest absolute Gasteiger partial charge is 0.321 e. The number of hydrogen-bond donors (Lipinski definition) is 3. The van der Waals surface area contributed by atoms with Crippen LogP contribution in [0.25, 0.3) is 10.9 Å². The Balaban J connectivity index is 1.63. The van der Waals surface area contributed by atoms with Gasteiger partial charge in [-0.1, -0.05) is 37.9 Å². The second-order valence-electron chi connectivity index (χ2n) is 8.18. The van der Waals surface area contributed by atoms with Gasteiger partial charge < -0.3 is 10.6 Å². The number of anilines is 2. The number of aryl methyl sites for hydroxylation is 3. The number of carbonyl (C=O) groups is 3. The zero-order valence-corrected chi connectivity index (χ0v) is 22.4. The van der Waals surface area contributed by atoms with Crippen molar-refractivity contribution in [2.24, 2.45) is 0 Å². The topological polar surface area (TPSA) is 92.2 Å². The van der Waals surface area contributed by atoms with Gasteiger partial charge in [0.25, 0.3) is 5.91 Å². The van der Waals surface area contributed by atoms with Crippen LogP contribution in [-0.2, 0) is 9.59 Å². The number of carbonyl (C=O) groups excluding carboxylic acids is 3. The summed E-state index contributed by atoms with van der Waals surface area (Å²) >= 11 is 6.81.